The molecule has 0 radical (unpaired) electrons. The Bertz CT molecular complexity index is 857. The van der Waals surface area contributed by atoms with Crippen LogP contribution in [0.5, 0.6) is 0 Å². The molecule has 1 N–H and O–H groups in total. The Morgan fingerprint density at radius 2 is 1.65 bits per heavy atom. The smallest absolute Gasteiger partial charge is 0.315 e. The largest absolute Gasteiger partial charge is 0.376 e. The molecule has 2 aromatic rings. The topological polar surface area (TPSA) is 108 Å². The van der Waals surface area contributed by atoms with Crippen LogP contribution in [0.25, 0.3) is 6.08 Å². The second kappa shape index (κ2) is 8.53. The van der Waals surface area contributed by atoms with Gasteiger partial charge < -0.3 is 14.4 Å². The van der Waals surface area contributed by atoms with Gasteiger partial charge in [0.05, 0.1) is 4.92 Å². The van der Waals surface area contributed by atoms with Gasteiger partial charge in [-0.05, 0) is 35.9 Å². The first-order valence-corrected chi connectivity index (χ1v) is 8.98. The van der Waals surface area contributed by atoms with Gasteiger partial charge in [-0.3, -0.25) is 19.5 Å². The predicted octanol–water partition coefficient (Wildman–Crippen LogP) is 3.81. The van der Waals surface area contributed by atoms with Crippen LogP contribution in [0.2, 0.25) is 0 Å². The van der Waals surface area contributed by atoms with Crippen LogP contribution < -0.4 is 5.32 Å². The van der Waals surface area contributed by atoms with Gasteiger partial charge in [-0.25, -0.2) is 0 Å². The molecule has 0 bridgehead atoms. The Morgan fingerprint density at radius 1 is 1.08 bits per heavy atom. The summed E-state index contributed by atoms with van der Waals surface area (Å²) in [6.07, 6.45) is 1.39. The lowest BCUT2D eigenvalue weighted by Crippen LogP contribution is -2.23. The van der Waals surface area contributed by atoms with Gasteiger partial charge in [-0.1, -0.05) is 18.2 Å². The standard InChI is InChI=1S/C17H17N2O6P/c1-24-26(23,25-2)16(18-17(20)14-6-4-3-5-7-14)12-13-8-10-15(11-9-13)19(21)22/h3-12H,1-2H3,(H,18,20)/b16-12-. The number of non-ortho nitro benzene ring substituents is 1. The van der Waals surface area contributed by atoms with E-state index < -0.39 is 18.4 Å². The number of carbonyl (C=O) groups is 1. The molecule has 0 aliphatic carbocycles. The summed E-state index contributed by atoms with van der Waals surface area (Å²) in [4.78, 5) is 22.6. The molecule has 0 aliphatic heterocycles. The van der Waals surface area contributed by atoms with Crippen LogP contribution in [0.1, 0.15) is 15.9 Å². The average molecular weight is 376 g/mol. The van der Waals surface area contributed by atoms with E-state index in [1.165, 1.54) is 44.6 Å². The van der Waals surface area contributed by atoms with Gasteiger partial charge in [0.2, 0.25) is 0 Å². The van der Waals surface area contributed by atoms with Crippen molar-refractivity contribution < 1.29 is 23.3 Å². The van der Waals surface area contributed by atoms with Crippen molar-refractivity contribution in [2.75, 3.05) is 14.2 Å². The number of rotatable bonds is 7. The van der Waals surface area contributed by atoms with Crippen molar-refractivity contribution in [3.63, 3.8) is 0 Å². The third kappa shape index (κ3) is 4.64. The molecule has 0 unspecified atom stereocenters. The number of benzene rings is 2. The van der Waals surface area contributed by atoms with Crippen molar-refractivity contribution in [3.8, 4) is 0 Å². The highest BCUT2D eigenvalue weighted by Gasteiger charge is 2.29. The maximum atomic E-state index is 12.8. The van der Waals surface area contributed by atoms with Gasteiger partial charge in [-0.2, -0.15) is 0 Å². The minimum atomic E-state index is -3.77. The monoisotopic (exact) mass is 376 g/mol. The van der Waals surface area contributed by atoms with Crippen LogP contribution in [-0.4, -0.2) is 25.1 Å². The fourth-order valence-corrected chi connectivity index (χ4v) is 3.17. The molecule has 0 saturated carbocycles. The van der Waals surface area contributed by atoms with Gasteiger partial charge in [0.1, 0.15) is 5.44 Å². The van der Waals surface area contributed by atoms with Gasteiger partial charge >= 0.3 is 7.60 Å². The first kappa shape index (κ1) is 19.5. The summed E-state index contributed by atoms with van der Waals surface area (Å²) < 4.78 is 22.7. The zero-order chi connectivity index (χ0) is 19.2. The molecule has 0 saturated heterocycles. The molecule has 0 heterocycles. The Labute approximate surface area is 150 Å². The Morgan fingerprint density at radius 3 is 2.15 bits per heavy atom. The molecular weight excluding hydrogens is 359 g/mol. The van der Waals surface area contributed by atoms with Gasteiger partial charge in [0, 0.05) is 31.9 Å². The SMILES string of the molecule is COP(=O)(OC)/C(=C\c1ccc([N+](=O)[O-])cc1)NC(=O)c1ccccc1. The fraction of sp³-hybridized carbons (Fsp3) is 0.118. The van der Waals surface area contributed by atoms with Crippen LogP contribution in [0, 0.1) is 10.1 Å². The van der Waals surface area contributed by atoms with Crippen LogP contribution in [0.4, 0.5) is 5.69 Å². The summed E-state index contributed by atoms with van der Waals surface area (Å²) in [7, 11) is -1.37. The van der Waals surface area contributed by atoms with E-state index in [9.17, 15) is 19.5 Å². The van der Waals surface area contributed by atoms with E-state index in [1.807, 2.05) is 0 Å². The van der Waals surface area contributed by atoms with Crippen molar-refractivity contribution in [3.05, 3.63) is 81.3 Å². The molecule has 2 aromatic carbocycles. The number of hydrogen-bond acceptors (Lipinski definition) is 6. The number of carbonyl (C=O) groups excluding carboxylic acids is 1. The zero-order valence-corrected chi connectivity index (χ0v) is 15.0. The number of nitrogens with one attached hydrogen (secondary N) is 1. The van der Waals surface area contributed by atoms with E-state index in [0.29, 0.717) is 11.1 Å². The Hall–Kier alpha value is -2.80. The number of amides is 1. The third-order valence-corrected chi connectivity index (χ3v) is 5.25. The van der Waals surface area contributed by atoms with Crippen molar-refractivity contribution >= 4 is 25.3 Å². The maximum absolute atomic E-state index is 12.8. The molecule has 9 heteroatoms. The van der Waals surface area contributed by atoms with E-state index in [1.54, 1.807) is 30.3 Å². The number of nitro groups is 1. The molecule has 0 fully saturated rings. The molecule has 2 rings (SSSR count). The summed E-state index contributed by atoms with van der Waals surface area (Å²) in [5.41, 5.74) is 0.679. The summed E-state index contributed by atoms with van der Waals surface area (Å²) >= 11 is 0. The molecule has 0 aliphatic rings. The summed E-state index contributed by atoms with van der Waals surface area (Å²) in [5, 5.41) is 13.3. The van der Waals surface area contributed by atoms with E-state index >= 15 is 0 Å². The van der Waals surface area contributed by atoms with Crippen molar-refractivity contribution in [1.29, 1.82) is 0 Å². The first-order valence-electron chi connectivity index (χ1n) is 7.44. The van der Waals surface area contributed by atoms with Gasteiger partial charge in [0.25, 0.3) is 11.6 Å². The molecule has 0 atom stereocenters. The van der Waals surface area contributed by atoms with Crippen molar-refractivity contribution in [1.82, 2.24) is 5.32 Å². The fourth-order valence-electron chi connectivity index (χ4n) is 2.08. The van der Waals surface area contributed by atoms with E-state index in [0.717, 1.165) is 0 Å². The summed E-state index contributed by atoms with van der Waals surface area (Å²) in [6.45, 7) is 0. The molecule has 0 spiro atoms. The molecule has 1 amide bonds. The molecule has 26 heavy (non-hydrogen) atoms. The highest BCUT2D eigenvalue weighted by atomic mass is 31.2. The first-order chi connectivity index (χ1) is 12.4. The van der Waals surface area contributed by atoms with Crippen LogP contribution in [-0.2, 0) is 13.6 Å². The van der Waals surface area contributed by atoms with E-state index in [4.69, 9.17) is 9.05 Å². The van der Waals surface area contributed by atoms with Crippen LogP contribution in [0.3, 0.4) is 0 Å². The second-order valence-electron chi connectivity index (χ2n) is 5.06. The quantitative estimate of drug-likeness (QED) is 0.447. The molecule has 8 nitrogen and oxygen atoms in total. The molecule has 0 aromatic heterocycles. The highest BCUT2D eigenvalue weighted by Crippen LogP contribution is 2.54. The number of nitrogens with zero attached hydrogens (tertiary/aromatic N) is 1. The van der Waals surface area contributed by atoms with Crippen molar-refractivity contribution in [2.24, 2.45) is 0 Å². The van der Waals surface area contributed by atoms with Gasteiger partial charge in [-0.15, -0.1) is 0 Å². The predicted molar refractivity (Wildman–Crippen MR) is 96.6 cm³/mol. The normalized spacial score (nSPS) is 11.8. The minimum Gasteiger partial charge on any atom is -0.315 e. The van der Waals surface area contributed by atoms with Gasteiger partial charge in [0.15, 0.2) is 0 Å². The zero-order valence-electron chi connectivity index (χ0n) is 14.1. The minimum absolute atomic E-state index is 0.0785. The number of nitro benzene ring substituents is 1. The molecular formula is C17H17N2O6P. The highest BCUT2D eigenvalue weighted by molar-refractivity contribution is 7.58. The van der Waals surface area contributed by atoms with Crippen molar-refractivity contribution in [2.45, 2.75) is 0 Å². The van der Waals surface area contributed by atoms with Crippen LogP contribution in [0.15, 0.2) is 60.0 Å². The maximum Gasteiger partial charge on any atom is 0.376 e. The lowest BCUT2D eigenvalue weighted by molar-refractivity contribution is -0.384. The number of hydrogen-bond donors (Lipinski definition) is 1. The lowest BCUT2D eigenvalue weighted by atomic mass is 10.2. The second-order valence-corrected chi connectivity index (χ2v) is 7.27. The van der Waals surface area contributed by atoms with E-state index in [2.05, 4.69) is 5.32 Å². The Kier molecular flexibility index (Phi) is 6.41. The van der Waals surface area contributed by atoms with Crippen LogP contribution >= 0.6 is 7.60 Å². The lowest BCUT2D eigenvalue weighted by Gasteiger charge is -2.18. The third-order valence-electron chi connectivity index (χ3n) is 3.46. The van der Waals surface area contributed by atoms with E-state index in [-0.39, 0.29) is 11.1 Å². The molecule has 136 valence electrons. The summed E-state index contributed by atoms with van der Waals surface area (Å²) in [6, 6.07) is 13.9. The average Bonchev–Trinajstić information content (AvgIpc) is 2.67. The Balaban J connectivity index is 2.39. The summed E-state index contributed by atoms with van der Waals surface area (Å²) in [5.74, 6) is -0.493.